The molecule has 0 bridgehead atoms. The molecule has 0 radical (unpaired) electrons. The molecule has 2 aromatic heterocycles. The molecule has 1 amide bonds. The first-order valence-corrected chi connectivity index (χ1v) is 13.5. The Morgan fingerprint density at radius 1 is 1.29 bits per heavy atom. The number of nitrogens with zero attached hydrogens (tertiary/aromatic N) is 2. The topological polar surface area (TPSA) is 131 Å². The predicted molar refractivity (Wildman–Crippen MR) is 135 cm³/mol. The molecule has 2 atom stereocenters. The Kier molecular flexibility index (Phi) is 4.79. The van der Waals surface area contributed by atoms with Gasteiger partial charge in [-0.25, -0.2) is 14.2 Å². The first-order valence-electron chi connectivity index (χ1n) is 12.6. The van der Waals surface area contributed by atoms with Crippen molar-refractivity contribution in [2.75, 3.05) is 5.75 Å². The Bertz CT molecular complexity index is 1700. The number of ether oxygens (including phenoxy) is 1. The van der Waals surface area contributed by atoms with E-state index in [0.717, 1.165) is 15.8 Å². The number of halogens is 1. The number of carbonyl (C=O) groups is 2. The van der Waals surface area contributed by atoms with E-state index in [1.165, 1.54) is 22.4 Å². The molecule has 3 aromatic rings. The molecule has 0 spiro atoms. The fourth-order valence-electron chi connectivity index (χ4n) is 5.88. The van der Waals surface area contributed by atoms with E-state index in [4.69, 9.17) is 9.72 Å². The van der Waals surface area contributed by atoms with Crippen LogP contribution >= 0.6 is 11.8 Å². The van der Waals surface area contributed by atoms with Crippen molar-refractivity contribution in [1.29, 1.82) is 0 Å². The first kappa shape index (κ1) is 23.8. The van der Waals surface area contributed by atoms with E-state index < -0.39 is 40.5 Å². The normalized spacial score (nSPS) is 23.9. The van der Waals surface area contributed by atoms with Crippen molar-refractivity contribution in [2.24, 2.45) is 0 Å². The van der Waals surface area contributed by atoms with Crippen LogP contribution in [0, 0.1) is 12.7 Å². The van der Waals surface area contributed by atoms with E-state index >= 15 is 0 Å². The van der Waals surface area contributed by atoms with Gasteiger partial charge in [-0.3, -0.25) is 9.59 Å². The van der Waals surface area contributed by atoms with Crippen molar-refractivity contribution in [3.63, 3.8) is 0 Å². The lowest BCUT2D eigenvalue weighted by molar-refractivity contribution is -0.172. The molecule has 3 aliphatic heterocycles. The molecule has 1 aliphatic carbocycles. The van der Waals surface area contributed by atoms with Gasteiger partial charge in [0.2, 0.25) is 0 Å². The lowest BCUT2D eigenvalue weighted by Crippen LogP contribution is -2.44. The lowest BCUT2D eigenvalue weighted by Gasteiger charge is -2.31. The zero-order valence-corrected chi connectivity index (χ0v) is 21.5. The average Bonchev–Trinajstić information content (AvgIpc) is 3.55. The SMILES string of the molecule is CC[C@@]1(O)C(=O)OCc2c1cc1n(c2=O)Cc2c-1nc1cc(F)c(C)c3c1c2[C@H](NC(=O)C1(O)CC1)CS3. The number of aliphatic hydroxyl groups is 2. The van der Waals surface area contributed by atoms with Gasteiger partial charge in [0.15, 0.2) is 5.60 Å². The van der Waals surface area contributed by atoms with Crippen molar-refractivity contribution in [3.8, 4) is 11.4 Å². The molecule has 9 nitrogen and oxygen atoms in total. The third kappa shape index (κ3) is 3.00. The highest BCUT2D eigenvalue weighted by atomic mass is 32.2. The quantitative estimate of drug-likeness (QED) is 0.340. The van der Waals surface area contributed by atoms with Crippen LogP contribution in [0.1, 0.15) is 60.0 Å². The summed E-state index contributed by atoms with van der Waals surface area (Å²) in [4.78, 5) is 44.5. The second kappa shape index (κ2) is 7.64. The highest BCUT2D eigenvalue weighted by Gasteiger charge is 2.49. The van der Waals surface area contributed by atoms with E-state index in [1.54, 1.807) is 19.9 Å². The molecule has 5 heterocycles. The molecule has 38 heavy (non-hydrogen) atoms. The van der Waals surface area contributed by atoms with Gasteiger partial charge in [-0.15, -0.1) is 11.8 Å². The van der Waals surface area contributed by atoms with Crippen LogP contribution in [-0.2, 0) is 33.1 Å². The van der Waals surface area contributed by atoms with Crippen LogP contribution in [0.15, 0.2) is 21.8 Å². The molecular weight excluding hydrogens is 513 g/mol. The van der Waals surface area contributed by atoms with Crippen LogP contribution in [-0.4, -0.2) is 43.0 Å². The minimum absolute atomic E-state index is 0.0209. The van der Waals surface area contributed by atoms with E-state index in [0.29, 0.717) is 46.6 Å². The fourth-order valence-corrected chi connectivity index (χ4v) is 7.13. The number of pyridine rings is 2. The molecule has 1 aromatic carbocycles. The van der Waals surface area contributed by atoms with E-state index in [2.05, 4.69) is 5.32 Å². The molecule has 1 saturated carbocycles. The van der Waals surface area contributed by atoms with Crippen LogP contribution in [0.5, 0.6) is 0 Å². The van der Waals surface area contributed by atoms with Gasteiger partial charge < -0.3 is 24.8 Å². The maximum absolute atomic E-state index is 15.0. The smallest absolute Gasteiger partial charge is 0.343 e. The van der Waals surface area contributed by atoms with Gasteiger partial charge in [0.1, 0.15) is 18.0 Å². The third-order valence-corrected chi connectivity index (χ3v) is 9.65. The first-order chi connectivity index (χ1) is 18.1. The zero-order chi connectivity index (χ0) is 26.7. The number of fused-ring (bicyclic) bond motifs is 5. The number of amides is 1. The number of hydrogen-bond acceptors (Lipinski definition) is 8. The van der Waals surface area contributed by atoms with Crippen LogP contribution in [0.2, 0.25) is 0 Å². The van der Waals surface area contributed by atoms with Crippen molar-refractivity contribution >= 4 is 34.5 Å². The van der Waals surface area contributed by atoms with Crippen LogP contribution in [0.25, 0.3) is 22.3 Å². The summed E-state index contributed by atoms with van der Waals surface area (Å²) in [5, 5.41) is 25.3. The Morgan fingerprint density at radius 3 is 2.76 bits per heavy atom. The Hall–Kier alpha value is -3.28. The van der Waals surface area contributed by atoms with E-state index in [1.807, 2.05) is 0 Å². The molecule has 4 aliphatic rings. The number of nitrogens with one attached hydrogen (secondary N) is 1. The molecule has 196 valence electrons. The van der Waals surface area contributed by atoms with E-state index in [-0.39, 0.29) is 30.7 Å². The largest absolute Gasteiger partial charge is 0.458 e. The molecular formula is C27H24FN3O6S. The number of cyclic esters (lactones) is 1. The zero-order valence-electron chi connectivity index (χ0n) is 20.7. The van der Waals surface area contributed by atoms with Crippen LogP contribution in [0.4, 0.5) is 4.39 Å². The number of carbonyl (C=O) groups excluding carboxylic acids is 2. The van der Waals surface area contributed by atoms with E-state index in [9.17, 15) is 29.0 Å². The van der Waals surface area contributed by atoms with Gasteiger partial charge in [-0.05, 0) is 43.4 Å². The Labute approximate surface area is 220 Å². The summed E-state index contributed by atoms with van der Waals surface area (Å²) >= 11 is 1.43. The summed E-state index contributed by atoms with van der Waals surface area (Å²) in [6.45, 7) is 3.26. The molecule has 3 N–H and O–H groups in total. The maximum Gasteiger partial charge on any atom is 0.343 e. The van der Waals surface area contributed by atoms with Gasteiger partial charge in [0.25, 0.3) is 11.5 Å². The number of esters is 1. The molecule has 11 heteroatoms. The summed E-state index contributed by atoms with van der Waals surface area (Å²) in [5.41, 5.74) is -0.124. The molecule has 1 fully saturated rings. The summed E-state index contributed by atoms with van der Waals surface area (Å²) in [5.74, 6) is -1.24. The van der Waals surface area contributed by atoms with Gasteiger partial charge in [0, 0.05) is 33.2 Å². The van der Waals surface area contributed by atoms with Crippen molar-refractivity contribution in [1.82, 2.24) is 14.9 Å². The van der Waals surface area contributed by atoms with Crippen molar-refractivity contribution in [3.05, 3.63) is 56.1 Å². The standard InChI is InChI=1S/C27H24FN3O6S/c1-3-27(36)14-6-18-21-12(8-31(18)23(32)13(14)9-37-25(27)34)19-17(30-24(33)26(35)4-5-26)10-38-22-11(2)15(28)7-16(29-21)20(19)22/h6-7,17,35-36H,3-5,8-10H2,1-2H3,(H,30,33)/t17-,27+/m1/s1. The van der Waals surface area contributed by atoms with Gasteiger partial charge in [0.05, 0.1) is 35.1 Å². The van der Waals surface area contributed by atoms with Gasteiger partial charge >= 0.3 is 5.97 Å². The number of benzene rings is 1. The molecule has 0 saturated heterocycles. The summed E-state index contributed by atoms with van der Waals surface area (Å²) in [6.07, 6.45) is 0.820. The van der Waals surface area contributed by atoms with Crippen molar-refractivity contribution < 1.29 is 28.9 Å². The number of rotatable bonds is 3. The Balaban J connectivity index is 1.49. The Morgan fingerprint density at radius 2 is 2.05 bits per heavy atom. The third-order valence-electron chi connectivity index (χ3n) is 8.35. The molecule has 0 unspecified atom stereocenters. The number of hydrogen-bond donors (Lipinski definition) is 3. The predicted octanol–water partition coefficient (Wildman–Crippen LogP) is 2.32. The van der Waals surface area contributed by atoms with Gasteiger partial charge in [-0.2, -0.15) is 0 Å². The second-order valence-corrected chi connectivity index (χ2v) is 11.6. The minimum Gasteiger partial charge on any atom is -0.458 e. The summed E-state index contributed by atoms with van der Waals surface area (Å²) in [6, 6.07) is 2.48. The summed E-state index contributed by atoms with van der Waals surface area (Å²) < 4.78 is 21.6. The number of thioether (sulfide) groups is 1. The van der Waals surface area contributed by atoms with Crippen molar-refractivity contribution in [2.45, 2.75) is 68.4 Å². The second-order valence-electron chi connectivity index (χ2n) is 10.5. The highest BCUT2D eigenvalue weighted by molar-refractivity contribution is 7.99. The minimum atomic E-state index is -1.96. The maximum atomic E-state index is 15.0. The highest BCUT2D eigenvalue weighted by Crippen LogP contribution is 2.49. The number of aromatic nitrogens is 2. The van der Waals surface area contributed by atoms with Crippen LogP contribution in [0.3, 0.4) is 0 Å². The van der Waals surface area contributed by atoms with Gasteiger partial charge in [-0.1, -0.05) is 6.92 Å². The lowest BCUT2D eigenvalue weighted by atomic mass is 9.86. The monoisotopic (exact) mass is 537 g/mol. The average molecular weight is 538 g/mol. The van der Waals surface area contributed by atoms with Crippen LogP contribution < -0.4 is 10.9 Å². The molecule has 7 rings (SSSR count). The fraction of sp³-hybridized carbons (Fsp3) is 0.407. The summed E-state index contributed by atoms with van der Waals surface area (Å²) in [7, 11) is 0.